The predicted octanol–water partition coefficient (Wildman–Crippen LogP) is 1.26. The van der Waals surface area contributed by atoms with E-state index in [0.717, 1.165) is 18.8 Å². The first-order valence-corrected chi connectivity index (χ1v) is 10.4. The largest absolute Gasteiger partial charge is 0.463 e. The molecular formula is C17H29N3O4S. The predicted molar refractivity (Wildman–Crippen MR) is 96.2 cm³/mol. The molecule has 1 aromatic heterocycles. The SMILES string of the molecule is CC(=O)N[C@@H]1CN(Cc2ccc(CN(C)S(C)(=O)=O)o2)C[C@H]1C(C)C. The minimum absolute atomic E-state index is 0.00148. The molecule has 142 valence electrons. The van der Waals surface area contributed by atoms with Crippen molar-refractivity contribution in [1.82, 2.24) is 14.5 Å². The lowest BCUT2D eigenvalue weighted by molar-refractivity contribution is -0.119. The van der Waals surface area contributed by atoms with E-state index in [4.69, 9.17) is 4.42 Å². The van der Waals surface area contributed by atoms with Crippen molar-refractivity contribution in [1.29, 1.82) is 0 Å². The Kier molecular flexibility index (Phi) is 6.29. The van der Waals surface area contributed by atoms with Gasteiger partial charge in [-0.25, -0.2) is 8.42 Å². The van der Waals surface area contributed by atoms with Crippen LogP contribution in [-0.2, 0) is 27.9 Å². The standard InChI is InChI=1S/C17H29N3O4S/c1-12(2)16-10-20(11-17(16)18-13(3)21)9-15-7-6-14(24-15)8-19(4)25(5,22)23/h6-7,12,16-17H,8-11H2,1-5H3,(H,18,21)/t16-,17+/m0/s1. The molecule has 1 N–H and O–H groups in total. The summed E-state index contributed by atoms with van der Waals surface area (Å²) in [6.07, 6.45) is 1.18. The third kappa shape index (κ3) is 5.55. The number of amides is 1. The summed E-state index contributed by atoms with van der Waals surface area (Å²) in [6.45, 7) is 8.48. The smallest absolute Gasteiger partial charge is 0.217 e. The van der Waals surface area contributed by atoms with Crippen LogP contribution in [0.1, 0.15) is 32.3 Å². The fourth-order valence-electron chi connectivity index (χ4n) is 3.28. The van der Waals surface area contributed by atoms with E-state index >= 15 is 0 Å². The van der Waals surface area contributed by atoms with Gasteiger partial charge in [0.05, 0.1) is 19.3 Å². The van der Waals surface area contributed by atoms with Crippen LogP contribution in [0.2, 0.25) is 0 Å². The van der Waals surface area contributed by atoms with Crippen LogP contribution in [0, 0.1) is 11.8 Å². The maximum absolute atomic E-state index is 11.5. The van der Waals surface area contributed by atoms with E-state index < -0.39 is 10.0 Å². The molecule has 0 aromatic carbocycles. The Morgan fingerprint density at radius 2 is 2.00 bits per heavy atom. The topological polar surface area (TPSA) is 82.9 Å². The van der Waals surface area contributed by atoms with Gasteiger partial charge in [0, 0.05) is 33.1 Å². The molecule has 0 saturated carbocycles. The van der Waals surface area contributed by atoms with E-state index in [1.165, 1.54) is 17.6 Å². The molecule has 1 amide bonds. The summed E-state index contributed by atoms with van der Waals surface area (Å²) in [5, 5.41) is 3.05. The minimum atomic E-state index is -3.23. The maximum Gasteiger partial charge on any atom is 0.217 e. The number of sulfonamides is 1. The second-order valence-electron chi connectivity index (χ2n) is 7.30. The Labute approximate surface area is 150 Å². The highest BCUT2D eigenvalue weighted by Gasteiger charge is 2.35. The second kappa shape index (κ2) is 7.88. The molecule has 8 heteroatoms. The summed E-state index contributed by atoms with van der Waals surface area (Å²) in [6, 6.07) is 3.86. The van der Waals surface area contributed by atoms with Crippen molar-refractivity contribution in [2.45, 2.75) is 39.9 Å². The Morgan fingerprint density at radius 3 is 2.56 bits per heavy atom. The number of rotatable bonds is 7. The highest BCUT2D eigenvalue weighted by Crippen LogP contribution is 2.26. The summed E-state index contributed by atoms with van der Waals surface area (Å²) < 4.78 is 30.0. The van der Waals surface area contributed by atoms with Crippen molar-refractivity contribution < 1.29 is 17.6 Å². The summed E-state index contributed by atoms with van der Waals surface area (Å²) in [5.41, 5.74) is 0. The van der Waals surface area contributed by atoms with Crippen LogP contribution in [0.25, 0.3) is 0 Å². The second-order valence-corrected chi connectivity index (χ2v) is 9.39. The Balaban J connectivity index is 1.97. The maximum atomic E-state index is 11.5. The molecule has 1 aliphatic heterocycles. The Hall–Kier alpha value is -1.38. The van der Waals surface area contributed by atoms with E-state index in [2.05, 4.69) is 24.1 Å². The van der Waals surface area contributed by atoms with Crippen molar-refractivity contribution in [3.63, 3.8) is 0 Å². The van der Waals surface area contributed by atoms with Crippen LogP contribution >= 0.6 is 0 Å². The molecule has 7 nitrogen and oxygen atoms in total. The van der Waals surface area contributed by atoms with Gasteiger partial charge in [-0.05, 0) is 24.0 Å². The molecule has 2 heterocycles. The first-order valence-electron chi connectivity index (χ1n) is 8.54. The molecule has 2 atom stereocenters. The van der Waals surface area contributed by atoms with E-state index in [1.807, 2.05) is 12.1 Å². The fourth-order valence-corrected chi connectivity index (χ4v) is 3.64. The highest BCUT2D eigenvalue weighted by atomic mass is 32.2. The van der Waals surface area contributed by atoms with Crippen LogP contribution < -0.4 is 5.32 Å². The summed E-state index contributed by atoms with van der Waals surface area (Å²) in [4.78, 5) is 13.7. The van der Waals surface area contributed by atoms with Gasteiger partial charge in [0.15, 0.2) is 0 Å². The summed E-state index contributed by atoms with van der Waals surface area (Å²) in [7, 11) is -1.70. The molecule has 0 aliphatic carbocycles. The van der Waals surface area contributed by atoms with Gasteiger partial charge in [0.2, 0.25) is 15.9 Å². The van der Waals surface area contributed by atoms with E-state index in [1.54, 1.807) is 6.92 Å². The van der Waals surface area contributed by atoms with Gasteiger partial charge >= 0.3 is 0 Å². The molecule has 2 rings (SSSR count). The molecule has 1 saturated heterocycles. The number of nitrogens with one attached hydrogen (secondary N) is 1. The van der Waals surface area contributed by atoms with Crippen molar-refractivity contribution in [2.24, 2.45) is 11.8 Å². The Bertz CT molecular complexity index is 699. The number of carbonyl (C=O) groups is 1. The quantitative estimate of drug-likeness (QED) is 0.780. The zero-order valence-corrected chi connectivity index (χ0v) is 16.5. The van der Waals surface area contributed by atoms with Crippen LogP contribution in [0.3, 0.4) is 0 Å². The van der Waals surface area contributed by atoms with Gasteiger partial charge in [-0.1, -0.05) is 13.8 Å². The van der Waals surface area contributed by atoms with E-state index in [9.17, 15) is 13.2 Å². The van der Waals surface area contributed by atoms with Gasteiger partial charge in [-0.3, -0.25) is 9.69 Å². The van der Waals surface area contributed by atoms with Gasteiger partial charge in [-0.2, -0.15) is 4.31 Å². The molecule has 0 radical (unpaired) electrons. The monoisotopic (exact) mass is 371 g/mol. The van der Waals surface area contributed by atoms with E-state index in [-0.39, 0.29) is 18.5 Å². The van der Waals surface area contributed by atoms with Crippen LogP contribution in [0.4, 0.5) is 0 Å². The summed E-state index contributed by atoms with van der Waals surface area (Å²) in [5.74, 6) is 2.33. The number of furan rings is 1. The average molecular weight is 372 g/mol. The third-order valence-electron chi connectivity index (χ3n) is 4.73. The molecule has 0 spiro atoms. The zero-order valence-electron chi connectivity index (χ0n) is 15.7. The molecule has 0 unspecified atom stereocenters. The highest BCUT2D eigenvalue weighted by molar-refractivity contribution is 7.88. The van der Waals surface area contributed by atoms with Crippen LogP contribution in [0.5, 0.6) is 0 Å². The summed E-state index contributed by atoms with van der Waals surface area (Å²) >= 11 is 0. The zero-order chi connectivity index (χ0) is 18.8. The number of likely N-dealkylation sites (tertiary alicyclic amines) is 1. The molecule has 1 fully saturated rings. The van der Waals surface area contributed by atoms with Crippen molar-refractivity contribution in [3.8, 4) is 0 Å². The normalized spacial score (nSPS) is 22.0. The molecule has 1 aromatic rings. The van der Waals surface area contributed by atoms with Crippen LogP contribution in [0.15, 0.2) is 16.5 Å². The van der Waals surface area contributed by atoms with Gasteiger partial charge in [0.25, 0.3) is 0 Å². The van der Waals surface area contributed by atoms with Crippen LogP contribution in [-0.4, -0.2) is 56.0 Å². The molecule has 0 bridgehead atoms. The lowest BCUT2D eigenvalue weighted by atomic mass is 9.91. The third-order valence-corrected chi connectivity index (χ3v) is 5.99. The Morgan fingerprint density at radius 1 is 1.36 bits per heavy atom. The van der Waals surface area contributed by atoms with E-state index in [0.29, 0.717) is 24.1 Å². The first-order chi connectivity index (χ1) is 11.6. The van der Waals surface area contributed by atoms with Gasteiger partial charge in [0.1, 0.15) is 11.5 Å². The number of nitrogens with zero attached hydrogens (tertiary/aromatic N) is 2. The number of hydrogen-bond donors (Lipinski definition) is 1. The van der Waals surface area contributed by atoms with Crippen molar-refractivity contribution in [2.75, 3.05) is 26.4 Å². The number of hydrogen-bond acceptors (Lipinski definition) is 5. The van der Waals surface area contributed by atoms with Crippen molar-refractivity contribution in [3.05, 3.63) is 23.7 Å². The minimum Gasteiger partial charge on any atom is -0.463 e. The van der Waals surface area contributed by atoms with Gasteiger partial charge in [-0.15, -0.1) is 0 Å². The average Bonchev–Trinajstić information content (AvgIpc) is 3.04. The van der Waals surface area contributed by atoms with Gasteiger partial charge < -0.3 is 9.73 Å². The molecular weight excluding hydrogens is 342 g/mol. The first kappa shape index (κ1) is 19.9. The molecule has 25 heavy (non-hydrogen) atoms. The number of carbonyl (C=O) groups excluding carboxylic acids is 1. The van der Waals surface area contributed by atoms with Crippen molar-refractivity contribution >= 4 is 15.9 Å². The fraction of sp³-hybridized carbons (Fsp3) is 0.706. The molecule has 1 aliphatic rings. The lowest BCUT2D eigenvalue weighted by Crippen LogP contribution is -2.40. The lowest BCUT2D eigenvalue weighted by Gasteiger charge is -2.22.